The van der Waals surface area contributed by atoms with E-state index in [2.05, 4.69) is 4.52 Å². The lowest BCUT2D eigenvalue weighted by Gasteiger charge is -1.91. The Bertz CT molecular complexity index is 45.0. The molecular formula is C4H11O2P. The first-order valence-electron chi connectivity index (χ1n) is 1.76. The van der Waals surface area contributed by atoms with Crippen LogP contribution in [0, 0.1) is 0 Å². The van der Waals surface area contributed by atoms with Crippen LogP contribution in [0.25, 0.3) is 0 Å². The maximum atomic E-state index is 9.49. The van der Waals surface area contributed by atoms with Crippen molar-refractivity contribution in [3.8, 4) is 0 Å². The molecule has 0 aromatic rings. The largest absolute Gasteiger partial charge is 0.327 e. The Balaban J connectivity index is 0. The van der Waals surface area contributed by atoms with Gasteiger partial charge in [0.15, 0.2) is 0 Å². The summed E-state index contributed by atoms with van der Waals surface area (Å²) in [4.78, 5) is 0. The lowest BCUT2D eigenvalue weighted by Crippen LogP contribution is -1.89. The molecule has 3 heteroatoms. The van der Waals surface area contributed by atoms with Crippen LogP contribution in [-0.4, -0.2) is 6.10 Å². The summed E-state index contributed by atoms with van der Waals surface area (Å²) in [6, 6.07) is 0. The van der Waals surface area contributed by atoms with Gasteiger partial charge in [0, 0.05) is 0 Å². The average molecular weight is 122 g/mol. The van der Waals surface area contributed by atoms with E-state index in [-0.39, 0.29) is 22.2 Å². The van der Waals surface area contributed by atoms with Crippen molar-refractivity contribution in [1.82, 2.24) is 0 Å². The van der Waals surface area contributed by atoms with Gasteiger partial charge in [0.2, 0.25) is 0 Å². The second kappa shape index (κ2) is 6.06. The fourth-order valence-corrected chi connectivity index (χ4v) is 0.258. The summed E-state index contributed by atoms with van der Waals surface area (Å²) in [5, 5.41) is 0. The molecule has 0 fully saturated rings. The van der Waals surface area contributed by atoms with Crippen LogP contribution in [0.2, 0.25) is 0 Å². The highest BCUT2D eigenvalue weighted by atomic mass is 31.1. The highest BCUT2D eigenvalue weighted by molar-refractivity contribution is 7.17. The van der Waals surface area contributed by atoms with Gasteiger partial charge in [-0.15, -0.1) is 0 Å². The predicted molar refractivity (Wildman–Crippen MR) is 30.6 cm³/mol. The monoisotopic (exact) mass is 122 g/mol. The van der Waals surface area contributed by atoms with E-state index < -0.39 is 0 Å². The second-order valence-corrected chi connectivity index (χ2v) is 1.59. The van der Waals surface area contributed by atoms with Gasteiger partial charge in [-0.25, -0.2) is 4.57 Å². The Labute approximate surface area is 46.2 Å². The first kappa shape index (κ1) is 10.1. The van der Waals surface area contributed by atoms with Crippen molar-refractivity contribution in [3.63, 3.8) is 0 Å². The van der Waals surface area contributed by atoms with E-state index in [4.69, 9.17) is 0 Å². The molecule has 0 heterocycles. The molecule has 0 aliphatic rings. The van der Waals surface area contributed by atoms with Gasteiger partial charge in [-0.1, -0.05) is 7.43 Å². The molecule has 0 aliphatic carbocycles. The first-order chi connectivity index (χ1) is 2.77. The Morgan fingerprint density at radius 1 is 1.57 bits per heavy atom. The number of hydrogen-bond acceptors (Lipinski definition) is 2. The van der Waals surface area contributed by atoms with Crippen molar-refractivity contribution in [2.45, 2.75) is 27.4 Å². The molecule has 0 spiro atoms. The van der Waals surface area contributed by atoms with E-state index in [1.807, 2.05) is 13.8 Å². The molecule has 0 saturated carbocycles. The van der Waals surface area contributed by atoms with Crippen LogP contribution in [0.5, 0.6) is 0 Å². The summed E-state index contributed by atoms with van der Waals surface area (Å²) in [6.45, 7) is 3.65. The molecule has 0 saturated heterocycles. The zero-order valence-corrected chi connectivity index (χ0v) is 4.74. The van der Waals surface area contributed by atoms with Gasteiger partial charge in [-0.3, -0.25) is 4.52 Å². The highest BCUT2D eigenvalue weighted by Gasteiger charge is 1.86. The Kier molecular flexibility index (Phi) is 8.77. The Morgan fingerprint density at radius 3 is 2.00 bits per heavy atom. The van der Waals surface area contributed by atoms with Gasteiger partial charge in [0.25, 0.3) is 0 Å². The maximum absolute atomic E-state index is 9.49. The molecule has 0 N–H and O–H groups in total. The molecule has 0 unspecified atom stereocenters. The third-order valence-electron chi connectivity index (χ3n) is 0.254. The van der Waals surface area contributed by atoms with Gasteiger partial charge in [0.1, 0.15) is 0 Å². The van der Waals surface area contributed by atoms with Crippen molar-refractivity contribution in [3.05, 3.63) is 0 Å². The highest BCUT2D eigenvalue weighted by Crippen LogP contribution is 1.98. The topological polar surface area (TPSA) is 26.3 Å². The molecule has 0 atom stereocenters. The molecular weight excluding hydrogens is 111 g/mol. The molecule has 0 aromatic heterocycles. The standard InChI is InChI=1S/C3H7O2P.CH4/c1-3(2)5-6-4;/h3H,1-2H3;1H4. The van der Waals surface area contributed by atoms with Crippen molar-refractivity contribution < 1.29 is 9.09 Å². The summed E-state index contributed by atoms with van der Waals surface area (Å²) in [6.07, 6.45) is 0.0733. The van der Waals surface area contributed by atoms with Gasteiger partial charge < -0.3 is 0 Å². The minimum absolute atomic E-state index is 0. The van der Waals surface area contributed by atoms with Gasteiger partial charge >= 0.3 is 8.69 Å². The lowest BCUT2D eigenvalue weighted by molar-refractivity contribution is 0.267. The number of rotatable bonds is 2. The molecule has 0 amide bonds. The molecule has 0 rings (SSSR count). The van der Waals surface area contributed by atoms with E-state index in [9.17, 15) is 4.57 Å². The van der Waals surface area contributed by atoms with Crippen LogP contribution in [-0.2, 0) is 9.09 Å². The first-order valence-corrected chi connectivity index (χ1v) is 2.49. The summed E-state index contributed by atoms with van der Waals surface area (Å²) in [5.41, 5.74) is 0. The van der Waals surface area contributed by atoms with E-state index in [0.29, 0.717) is 0 Å². The zero-order chi connectivity index (χ0) is 4.99. The van der Waals surface area contributed by atoms with Crippen LogP contribution >= 0.6 is 8.69 Å². The minimum atomic E-state index is -0.226. The molecule has 0 radical (unpaired) electrons. The minimum Gasteiger partial charge on any atom is -0.292 e. The average Bonchev–Trinajstić information content (AvgIpc) is 1.35. The quantitative estimate of drug-likeness (QED) is 0.525. The molecule has 2 nitrogen and oxygen atoms in total. The van der Waals surface area contributed by atoms with E-state index >= 15 is 0 Å². The molecule has 0 aromatic carbocycles. The van der Waals surface area contributed by atoms with E-state index in [0.717, 1.165) is 0 Å². The summed E-state index contributed by atoms with van der Waals surface area (Å²) < 4.78 is 13.9. The SMILES string of the molecule is C.CC(C)OP=O. The molecule has 0 bridgehead atoms. The summed E-state index contributed by atoms with van der Waals surface area (Å²) >= 11 is 0. The van der Waals surface area contributed by atoms with Crippen LogP contribution in [0.15, 0.2) is 0 Å². The normalized spacial score (nSPS) is 9.00. The van der Waals surface area contributed by atoms with Crippen molar-refractivity contribution in [2.75, 3.05) is 0 Å². The zero-order valence-electron chi connectivity index (χ0n) is 3.84. The third-order valence-corrected chi connectivity index (χ3v) is 0.762. The predicted octanol–water partition coefficient (Wildman–Crippen LogP) is 2.25. The Morgan fingerprint density at radius 2 is 2.00 bits per heavy atom. The van der Waals surface area contributed by atoms with Crippen molar-refractivity contribution in [1.29, 1.82) is 0 Å². The fraction of sp³-hybridized carbons (Fsp3) is 1.00. The molecule has 7 heavy (non-hydrogen) atoms. The second-order valence-electron chi connectivity index (χ2n) is 1.23. The summed E-state index contributed by atoms with van der Waals surface area (Å²) in [7, 11) is -0.226. The summed E-state index contributed by atoms with van der Waals surface area (Å²) in [5.74, 6) is 0. The van der Waals surface area contributed by atoms with Gasteiger partial charge in [0.05, 0.1) is 6.10 Å². The van der Waals surface area contributed by atoms with Crippen LogP contribution < -0.4 is 0 Å². The fourth-order valence-electron chi connectivity index (χ4n) is 0.0861. The van der Waals surface area contributed by atoms with E-state index in [1.54, 1.807) is 0 Å². The molecule has 0 aliphatic heterocycles. The van der Waals surface area contributed by atoms with Gasteiger partial charge in [-0.2, -0.15) is 0 Å². The number of hydrogen-bond donors (Lipinski definition) is 0. The van der Waals surface area contributed by atoms with Crippen molar-refractivity contribution >= 4 is 8.69 Å². The smallest absolute Gasteiger partial charge is 0.292 e. The van der Waals surface area contributed by atoms with Gasteiger partial charge in [-0.05, 0) is 13.8 Å². The van der Waals surface area contributed by atoms with Crippen LogP contribution in [0.3, 0.4) is 0 Å². The third kappa shape index (κ3) is 10.7. The maximum Gasteiger partial charge on any atom is 0.327 e. The Hall–Kier alpha value is 0.0600. The van der Waals surface area contributed by atoms with Crippen LogP contribution in [0.4, 0.5) is 0 Å². The lowest BCUT2D eigenvalue weighted by atomic mass is 10.5. The molecule has 44 valence electrons. The van der Waals surface area contributed by atoms with E-state index in [1.165, 1.54) is 0 Å². The van der Waals surface area contributed by atoms with Crippen molar-refractivity contribution in [2.24, 2.45) is 0 Å². The van der Waals surface area contributed by atoms with Crippen LogP contribution in [0.1, 0.15) is 21.3 Å².